The Hall–Kier alpha value is 0.200. The first-order chi connectivity index (χ1) is 5.27. The molecule has 2 aliphatic carbocycles. The van der Waals surface area contributed by atoms with Crippen LogP contribution in [0.3, 0.4) is 0 Å². The molecule has 0 spiro atoms. The van der Waals surface area contributed by atoms with E-state index in [1.54, 1.807) is 0 Å². The van der Waals surface area contributed by atoms with Gasteiger partial charge in [-0.2, -0.15) is 0 Å². The number of carbonyl (C=O) groups is 1. The van der Waals surface area contributed by atoms with Crippen molar-refractivity contribution in [2.75, 3.05) is 0 Å². The van der Waals surface area contributed by atoms with Crippen molar-refractivity contribution < 1.29 is 9.53 Å². The SMILES string of the molecule is O=C1O[C@@H]2C(I)[C@H]3C[C@@H]2[C@@H]1C3. The second-order valence-electron chi connectivity index (χ2n) is 3.85. The van der Waals surface area contributed by atoms with Gasteiger partial charge in [0.25, 0.3) is 0 Å². The minimum absolute atomic E-state index is 0.0849. The predicted octanol–water partition coefficient (Wildman–Crippen LogP) is 1.37. The molecule has 1 aliphatic heterocycles. The summed E-state index contributed by atoms with van der Waals surface area (Å²) in [5.41, 5.74) is 0. The van der Waals surface area contributed by atoms with E-state index >= 15 is 0 Å². The lowest BCUT2D eigenvalue weighted by atomic mass is 9.90. The molecule has 3 rings (SSSR count). The smallest absolute Gasteiger partial charge is 0.309 e. The monoisotopic (exact) mass is 264 g/mol. The molecule has 2 bridgehead atoms. The topological polar surface area (TPSA) is 26.3 Å². The Bertz CT molecular complexity index is 228. The van der Waals surface area contributed by atoms with Crippen molar-refractivity contribution in [2.24, 2.45) is 17.8 Å². The zero-order valence-corrected chi connectivity index (χ0v) is 8.15. The number of hydrogen-bond acceptors (Lipinski definition) is 2. The molecule has 0 radical (unpaired) electrons. The van der Waals surface area contributed by atoms with E-state index in [1.165, 1.54) is 6.42 Å². The van der Waals surface area contributed by atoms with Gasteiger partial charge < -0.3 is 4.74 Å². The lowest BCUT2D eigenvalue weighted by molar-refractivity contribution is -0.143. The van der Waals surface area contributed by atoms with Gasteiger partial charge in [-0.05, 0) is 18.8 Å². The van der Waals surface area contributed by atoms with Crippen LogP contribution in [0.25, 0.3) is 0 Å². The molecule has 0 amide bonds. The summed E-state index contributed by atoms with van der Waals surface area (Å²) < 4.78 is 5.92. The van der Waals surface area contributed by atoms with Gasteiger partial charge in [-0.25, -0.2) is 0 Å². The molecular weight excluding hydrogens is 255 g/mol. The first kappa shape index (κ1) is 6.69. The third-order valence-electron chi connectivity index (χ3n) is 3.39. The fraction of sp³-hybridized carbons (Fsp3) is 0.875. The van der Waals surface area contributed by atoms with Gasteiger partial charge in [0.15, 0.2) is 0 Å². The summed E-state index contributed by atoms with van der Waals surface area (Å²) in [6.07, 6.45) is 2.63. The average molecular weight is 264 g/mol. The number of esters is 1. The van der Waals surface area contributed by atoms with Crippen LogP contribution in [0.15, 0.2) is 0 Å². The van der Waals surface area contributed by atoms with E-state index in [-0.39, 0.29) is 18.0 Å². The summed E-state index contributed by atoms with van der Waals surface area (Å²) in [4.78, 5) is 11.2. The van der Waals surface area contributed by atoms with E-state index in [0.29, 0.717) is 9.84 Å². The second-order valence-corrected chi connectivity index (χ2v) is 5.29. The molecule has 0 aromatic carbocycles. The first-order valence-electron chi connectivity index (χ1n) is 4.12. The van der Waals surface area contributed by atoms with Gasteiger partial charge in [0.2, 0.25) is 0 Å². The molecule has 3 heteroatoms. The lowest BCUT2D eigenvalue weighted by Crippen LogP contribution is -2.26. The van der Waals surface area contributed by atoms with Crippen LogP contribution in [0.2, 0.25) is 0 Å². The standard InChI is InChI=1S/C8H9IO2/c9-6-3-1-4-5(2-3)8(10)11-7(4)6/h3-7H,1-2H2/t3-,4+,5-,6?,7-/m0/s1. The van der Waals surface area contributed by atoms with E-state index in [9.17, 15) is 4.79 Å². The highest BCUT2D eigenvalue weighted by Crippen LogP contribution is 2.56. The van der Waals surface area contributed by atoms with Gasteiger partial charge in [-0.3, -0.25) is 4.79 Å². The molecule has 3 aliphatic rings. The number of ether oxygens (including phenoxy) is 1. The molecule has 3 fully saturated rings. The van der Waals surface area contributed by atoms with Gasteiger partial charge in [0.05, 0.1) is 9.84 Å². The van der Waals surface area contributed by atoms with Crippen LogP contribution in [0.4, 0.5) is 0 Å². The fourth-order valence-electron chi connectivity index (χ4n) is 2.88. The second kappa shape index (κ2) is 1.92. The molecule has 0 aromatic rings. The number of hydrogen-bond donors (Lipinski definition) is 0. The molecule has 2 saturated carbocycles. The summed E-state index contributed by atoms with van der Waals surface area (Å²) >= 11 is 2.45. The van der Waals surface area contributed by atoms with E-state index in [4.69, 9.17) is 4.74 Å². The van der Waals surface area contributed by atoms with Gasteiger partial charge in [-0.1, -0.05) is 22.6 Å². The van der Waals surface area contributed by atoms with Crippen LogP contribution in [-0.2, 0) is 9.53 Å². The number of fused-ring (bicyclic) bond motifs is 1. The number of carbonyl (C=O) groups excluding carboxylic acids is 1. The molecule has 1 heterocycles. The van der Waals surface area contributed by atoms with E-state index in [0.717, 1.165) is 12.3 Å². The Balaban J connectivity index is 2.04. The Morgan fingerprint density at radius 3 is 2.91 bits per heavy atom. The van der Waals surface area contributed by atoms with Crippen LogP contribution in [0.1, 0.15) is 12.8 Å². The molecule has 11 heavy (non-hydrogen) atoms. The molecular formula is C8H9IO2. The molecule has 0 aromatic heterocycles. The van der Waals surface area contributed by atoms with Gasteiger partial charge >= 0.3 is 5.97 Å². The minimum Gasteiger partial charge on any atom is -0.461 e. The van der Waals surface area contributed by atoms with Crippen molar-refractivity contribution in [2.45, 2.75) is 22.9 Å². The van der Waals surface area contributed by atoms with Crippen molar-refractivity contribution in [3.8, 4) is 0 Å². The fourth-order valence-corrected chi connectivity index (χ4v) is 4.15. The van der Waals surface area contributed by atoms with Crippen molar-refractivity contribution in [3.05, 3.63) is 0 Å². The minimum atomic E-state index is 0.0849. The van der Waals surface area contributed by atoms with Crippen molar-refractivity contribution in [1.29, 1.82) is 0 Å². The predicted molar refractivity (Wildman–Crippen MR) is 47.4 cm³/mol. The maximum atomic E-state index is 11.2. The molecule has 60 valence electrons. The highest BCUT2D eigenvalue weighted by atomic mass is 127. The Morgan fingerprint density at radius 1 is 1.45 bits per heavy atom. The summed E-state index contributed by atoms with van der Waals surface area (Å²) in [5, 5.41) is 0. The van der Waals surface area contributed by atoms with Crippen LogP contribution in [-0.4, -0.2) is 16.0 Å². The first-order valence-corrected chi connectivity index (χ1v) is 5.36. The van der Waals surface area contributed by atoms with E-state index in [1.807, 2.05) is 0 Å². The maximum absolute atomic E-state index is 11.2. The van der Waals surface area contributed by atoms with E-state index in [2.05, 4.69) is 22.6 Å². The quantitative estimate of drug-likeness (QED) is 0.375. The Morgan fingerprint density at radius 2 is 2.27 bits per heavy atom. The zero-order chi connectivity index (χ0) is 7.59. The van der Waals surface area contributed by atoms with Gasteiger partial charge in [0, 0.05) is 5.92 Å². The number of alkyl halides is 1. The van der Waals surface area contributed by atoms with Crippen LogP contribution in [0.5, 0.6) is 0 Å². The average Bonchev–Trinajstić information content (AvgIpc) is 2.53. The Labute approximate surface area is 78.8 Å². The Kier molecular flexibility index (Phi) is 1.17. The molecule has 2 nitrogen and oxygen atoms in total. The maximum Gasteiger partial charge on any atom is 0.309 e. The molecule has 0 N–H and O–H groups in total. The highest BCUT2D eigenvalue weighted by molar-refractivity contribution is 14.1. The normalized spacial score (nSPS) is 58.6. The molecule has 1 saturated heterocycles. The van der Waals surface area contributed by atoms with Crippen molar-refractivity contribution in [3.63, 3.8) is 0 Å². The molecule has 5 atom stereocenters. The lowest BCUT2D eigenvalue weighted by Gasteiger charge is -2.19. The van der Waals surface area contributed by atoms with E-state index < -0.39 is 0 Å². The van der Waals surface area contributed by atoms with Crippen LogP contribution in [0, 0.1) is 17.8 Å². The highest BCUT2D eigenvalue weighted by Gasteiger charge is 2.60. The molecule has 1 unspecified atom stereocenters. The van der Waals surface area contributed by atoms with Crippen LogP contribution >= 0.6 is 22.6 Å². The van der Waals surface area contributed by atoms with Gasteiger partial charge in [0.1, 0.15) is 6.10 Å². The third-order valence-corrected chi connectivity index (χ3v) is 5.12. The van der Waals surface area contributed by atoms with Gasteiger partial charge in [-0.15, -0.1) is 0 Å². The summed E-state index contributed by atoms with van der Waals surface area (Å²) in [6.45, 7) is 0. The summed E-state index contributed by atoms with van der Waals surface area (Å²) in [7, 11) is 0. The third kappa shape index (κ3) is 0.661. The largest absolute Gasteiger partial charge is 0.461 e. The number of rotatable bonds is 0. The van der Waals surface area contributed by atoms with Crippen LogP contribution < -0.4 is 0 Å². The van der Waals surface area contributed by atoms with Crippen molar-refractivity contribution >= 4 is 28.6 Å². The summed E-state index contributed by atoms with van der Waals surface area (Å²) in [5.74, 6) is 1.74. The zero-order valence-electron chi connectivity index (χ0n) is 6.00. The van der Waals surface area contributed by atoms with Crippen molar-refractivity contribution in [1.82, 2.24) is 0 Å². The summed E-state index contributed by atoms with van der Waals surface area (Å²) in [6, 6.07) is 0. The number of halogens is 1.